The van der Waals surface area contributed by atoms with Crippen LogP contribution in [0.2, 0.25) is 0 Å². The van der Waals surface area contributed by atoms with E-state index in [-0.39, 0.29) is 22.8 Å². The van der Waals surface area contributed by atoms with Crippen molar-refractivity contribution in [3.05, 3.63) is 76.5 Å². The first-order valence-electron chi connectivity index (χ1n) is 9.55. The molecule has 2 aromatic rings. The van der Waals surface area contributed by atoms with Crippen LogP contribution in [0.3, 0.4) is 0 Å². The van der Waals surface area contributed by atoms with E-state index < -0.39 is 33.6 Å². The lowest BCUT2D eigenvalue weighted by molar-refractivity contribution is -0.139. The van der Waals surface area contributed by atoms with Gasteiger partial charge in [-0.05, 0) is 49.6 Å². The zero-order valence-corrected chi connectivity index (χ0v) is 17.9. The summed E-state index contributed by atoms with van der Waals surface area (Å²) < 4.78 is 31.3. The molecule has 158 valence electrons. The Morgan fingerprint density at radius 3 is 2.40 bits per heavy atom. The summed E-state index contributed by atoms with van der Waals surface area (Å²) in [5, 5.41) is 5.20. The molecule has 0 aliphatic carbocycles. The number of urea groups is 1. The smallest absolute Gasteiger partial charge is 0.338 e. The van der Waals surface area contributed by atoms with Crippen LogP contribution in [0.5, 0.6) is 0 Å². The highest BCUT2D eigenvalue weighted by Gasteiger charge is 2.35. The van der Waals surface area contributed by atoms with Gasteiger partial charge in [-0.1, -0.05) is 36.4 Å². The van der Waals surface area contributed by atoms with Gasteiger partial charge >= 0.3 is 12.0 Å². The predicted molar refractivity (Wildman–Crippen MR) is 112 cm³/mol. The minimum absolute atomic E-state index is 0.0179. The van der Waals surface area contributed by atoms with Crippen LogP contribution in [0.15, 0.2) is 64.7 Å². The van der Waals surface area contributed by atoms with Crippen molar-refractivity contribution in [2.75, 3.05) is 12.4 Å². The summed E-state index contributed by atoms with van der Waals surface area (Å²) in [4.78, 5) is 25.2. The molecule has 1 unspecified atom stereocenters. The number of ether oxygens (including phenoxy) is 1. The van der Waals surface area contributed by atoms with E-state index >= 15 is 0 Å². The predicted octanol–water partition coefficient (Wildman–Crippen LogP) is 2.95. The van der Waals surface area contributed by atoms with E-state index in [2.05, 4.69) is 10.6 Å². The first-order valence-corrected chi connectivity index (χ1v) is 11.2. The number of amides is 2. The van der Waals surface area contributed by atoms with E-state index in [1.165, 1.54) is 6.07 Å². The van der Waals surface area contributed by atoms with Crippen LogP contribution in [0, 0.1) is 13.8 Å². The van der Waals surface area contributed by atoms with Crippen LogP contribution < -0.4 is 10.6 Å². The van der Waals surface area contributed by atoms with Crippen LogP contribution in [-0.2, 0) is 19.4 Å². The molecule has 0 saturated carbocycles. The Labute approximate surface area is 176 Å². The summed E-state index contributed by atoms with van der Waals surface area (Å²) in [7, 11) is -3.82. The molecule has 2 aromatic carbocycles. The van der Waals surface area contributed by atoms with Gasteiger partial charge in [-0.2, -0.15) is 0 Å². The van der Waals surface area contributed by atoms with Crippen molar-refractivity contribution in [1.82, 2.24) is 10.6 Å². The van der Waals surface area contributed by atoms with E-state index in [1.54, 1.807) is 43.3 Å². The van der Waals surface area contributed by atoms with Gasteiger partial charge in [0, 0.05) is 5.70 Å². The minimum Gasteiger partial charge on any atom is -0.463 e. The summed E-state index contributed by atoms with van der Waals surface area (Å²) in [5.41, 5.74) is 2.56. The lowest BCUT2D eigenvalue weighted by atomic mass is 9.95. The maximum absolute atomic E-state index is 13.1. The monoisotopic (exact) mass is 428 g/mol. The van der Waals surface area contributed by atoms with Crippen molar-refractivity contribution in [2.45, 2.75) is 31.7 Å². The molecule has 0 radical (unpaired) electrons. The third kappa shape index (κ3) is 4.54. The summed E-state index contributed by atoms with van der Waals surface area (Å²) in [6, 6.07) is 12.3. The number of esters is 1. The van der Waals surface area contributed by atoms with E-state index in [0.717, 1.165) is 11.1 Å². The fourth-order valence-electron chi connectivity index (χ4n) is 3.26. The molecule has 0 aromatic heterocycles. The molecule has 1 heterocycles. The van der Waals surface area contributed by atoms with Crippen molar-refractivity contribution < 1.29 is 22.7 Å². The number of carbonyl (C=O) groups is 2. The summed E-state index contributed by atoms with van der Waals surface area (Å²) in [5.74, 6) is -1.20. The van der Waals surface area contributed by atoms with Gasteiger partial charge < -0.3 is 15.4 Å². The van der Waals surface area contributed by atoms with Gasteiger partial charge in [-0.15, -0.1) is 0 Å². The first-order chi connectivity index (χ1) is 14.2. The van der Waals surface area contributed by atoms with Gasteiger partial charge in [0.25, 0.3) is 0 Å². The molecule has 1 atom stereocenters. The SMILES string of the molecule is CCOC(=O)C1=C(CS(=O)(=O)c2ccc(C)c(C)c2)NC(=O)NC1c1ccccc1. The highest BCUT2D eigenvalue weighted by atomic mass is 32.2. The van der Waals surface area contributed by atoms with Gasteiger partial charge in [-0.25, -0.2) is 18.0 Å². The van der Waals surface area contributed by atoms with Crippen LogP contribution in [-0.4, -0.2) is 32.8 Å². The van der Waals surface area contributed by atoms with Crippen LogP contribution >= 0.6 is 0 Å². The van der Waals surface area contributed by atoms with Gasteiger partial charge in [-0.3, -0.25) is 0 Å². The van der Waals surface area contributed by atoms with Gasteiger partial charge in [0.15, 0.2) is 9.84 Å². The number of aryl methyl sites for hydroxylation is 2. The Hall–Kier alpha value is -3.13. The zero-order valence-electron chi connectivity index (χ0n) is 17.1. The Balaban J connectivity index is 2.09. The van der Waals surface area contributed by atoms with Gasteiger partial charge in [0.05, 0.1) is 28.9 Å². The number of hydrogen-bond donors (Lipinski definition) is 2. The second-order valence-electron chi connectivity index (χ2n) is 7.06. The fourth-order valence-corrected chi connectivity index (χ4v) is 4.66. The number of hydrogen-bond acceptors (Lipinski definition) is 5. The number of benzene rings is 2. The second kappa shape index (κ2) is 8.71. The number of sulfone groups is 1. The normalized spacial score (nSPS) is 16.6. The van der Waals surface area contributed by atoms with Crippen molar-refractivity contribution >= 4 is 21.8 Å². The van der Waals surface area contributed by atoms with Crippen molar-refractivity contribution in [3.63, 3.8) is 0 Å². The third-order valence-corrected chi connectivity index (χ3v) is 6.59. The van der Waals surface area contributed by atoms with E-state index in [0.29, 0.717) is 5.56 Å². The van der Waals surface area contributed by atoms with Crippen LogP contribution in [0.4, 0.5) is 4.79 Å². The highest BCUT2D eigenvalue weighted by Crippen LogP contribution is 2.29. The molecule has 30 heavy (non-hydrogen) atoms. The summed E-state index contributed by atoms with van der Waals surface area (Å²) in [6.07, 6.45) is 0. The number of carbonyl (C=O) groups excluding carboxylic acids is 2. The van der Waals surface area contributed by atoms with Crippen molar-refractivity contribution in [3.8, 4) is 0 Å². The Morgan fingerprint density at radius 2 is 1.77 bits per heavy atom. The Morgan fingerprint density at radius 1 is 1.07 bits per heavy atom. The first kappa shape index (κ1) is 21.6. The molecule has 3 rings (SSSR count). The molecule has 7 nitrogen and oxygen atoms in total. The third-order valence-electron chi connectivity index (χ3n) is 4.95. The number of rotatable bonds is 6. The molecule has 0 spiro atoms. The van der Waals surface area contributed by atoms with E-state index in [9.17, 15) is 18.0 Å². The van der Waals surface area contributed by atoms with E-state index in [4.69, 9.17) is 4.74 Å². The van der Waals surface area contributed by atoms with Gasteiger partial charge in [0.2, 0.25) is 0 Å². The summed E-state index contributed by atoms with van der Waals surface area (Å²) >= 11 is 0. The topological polar surface area (TPSA) is 102 Å². The quantitative estimate of drug-likeness (QED) is 0.689. The molecule has 8 heteroatoms. The minimum atomic E-state index is -3.82. The molecule has 1 aliphatic rings. The maximum atomic E-state index is 13.1. The fraction of sp³-hybridized carbons (Fsp3) is 0.273. The number of nitrogens with one attached hydrogen (secondary N) is 2. The Kier molecular flexibility index (Phi) is 6.26. The molecule has 1 aliphatic heterocycles. The average Bonchev–Trinajstić information content (AvgIpc) is 2.70. The molecule has 2 N–H and O–H groups in total. The van der Waals surface area contributed by atoms with Crippen molar-refractivity contribution in [2.24, 2.45) is 0 Å². The highest BCUT2D eigenvalue weighted by molar-refractivity contribution is 7.91. The van der Waals surface area contributed by atoms with E-state index in [1.807, 2.05) is 19.9 Å². The summed E-state index contributed by atoms with van der Waals surface area (Å²) in [6.45, 7) is 5.51. The Bertz CT molecular complexity index is 1110. The largest absolute Gasteiger partial charge is 0.463 e. The van der Waals surface area contributed by atoms with Crippen LogP contribution in [0.25, 0.3) is 0 Å². The average molecular weight is 429 g/mol. The molecule has 2 amide bonds. The van der Waals surface area contributed by atoms with Crippen LogP contribution in [0.1, 0.15) is 29.7 Å². The lowest BCUT2D eigenvalue weighted by Gasteiger charge is -2.29. The zero-order chi connectivity index (χ0) is 21.9. The lowest BCUT2D eigenvalue weighted by Crippen LogP contribution is -2.47. The van der Waals surface area contributed by atoms with Gasteiger partial charge in [0.1, 0.15) is 0 Å². The molecule has 0 saturated heterocycles. The molecule has 0 fully saturated rings. The molecular weight excluding hydrogens is 404 g/mol. The molecular formula is C22H24N2O5S. The van der Waals surface area contributed by atoms with Crippen molar-refractivity contribution in [1.29, 1.82) is 0 Å². The molecule has 0 bridgehead atoms. The second-order valence-corrected chi connectivity index (χ2v) is 9.05. The standard InChI is InChI=1S/C22H24N2O5S/c1-4-29-21(25)19-18(13-30(27,28)17-11-10-14(2)15(3)12-17)23-22(26)24-20(19)16-8-6-5-7-9-16/h5-12,20H,4,13H2,1-3H3,(H2,23,24,26). The maximum Gasteiger partial charge on any atom is 0.338 e.